The Balaban J connectivity index is 0.928. The summed E-state index contributed by atoms with van der Waals surface area (Å²) < 4.78 is 24.4. The van der Waals surface area contributed by atoms with Crippen LogP contribution < -0.4 is 44.7 Å². The van der Waals surface area contributed by atoms with Gasteiger partial charge in [0, 0.05) is 73.2 Å². The predicted molar refractivity (Wildman–Crippen MR) is 281 cm³/mol. The van der Waals surface area contributed by atoms with Crippen LogP contribution in [-0.4, -0.2) is 86.1 Å². The van der Waals surface area contributed by atoms with Crippen molar-refractivity contribution in [3.8, 4) is 23.0 Å². The van der Waals surface area contributed by atoms with Gasteiger partial charge in [-0.1, -0.05) is 50.2 Å². The molecule has 0 unspecified atom stereocenters. The Kier molecular flexibility index (Phi) is 14.9. The van der Waals surface area contributed by atoms with Crippen molar-refractivity contribution in [2.24, 2.45) is 15.9 Å². The highest BCUT2D eigenvalue weighted by Crippen LogP contribution is 2.43. The summed E-state index contributed by atoms with van der Waals surface area (Å²) in [6.07, 6.45) is 6.50. The number of fused-ring (bicyclic) bond motifs is 8. The van der Waals surface area contributed by atoms with Crippen LogP contribution in [0.15, 0.2) is 101 Å². The number of nitrogens with one attached hydrogen (secondary N) is 3. The van der Waals surface area contributed by atoms with Crippen molar-refractivity contribution in [2.75, 3.05) is 29.3 Å². The number of hydrogen-bond donors (Lipinski definition) is 3. The predicted octanol–water partition coefficient (Wildman–Crippen LogP) is 8.17. The zero-order chi connectivity index (χ0) is 52.2. The van der Waals surface area contributed by atoms with Crippen molar-refractivity contribution in [3.05, 3.63) is 124 Å². The fourth-order valence-corrected chi connectivity index (χ4v) is 9.61. The zero-order valence-corrected chi connectivity index (χ0v) is 42.2. The molecule has 0 bridgehead atoms. The smallest absolute Gasteiger partial charge is 0.261 e. The maximum Gasteiger partial charge on any atom is 0.261 e. The highest BCUT2D eigenvalue weighted by Gasteiger charge is 2.38. The van der Waals surface area contributed by atoms with Crippen molar-refractivity contribution in [1.82, 2.24) is 10.6 Å². The molecule has 0 fully saturated rings. The van der Waals surface area contributed by atoms with Crippen molar-refractivity contribution < 1.29 is 47.7 Å². The maximum atomic E-state index is 14.1. The first-order chi connectivity index (χ1) is 35.7. The van der Waals surface area contributed by atoms with Gasteiger partial charge >= 0.3 is 0 Å². The lowest BCUT2D eigenvalue weighted by atomic mass is 10.0. The lowest BCUT2D eigenvalue weighted by Crippen LogP contribution is -2.50. The van der Waals surface area contributed by atoms with E-state index in [2.05, 4.69) is 16.0 Å². The second kappa shape index (κ2) is 21.8. The van der Waals surface area contributed by atoms with Gasteiger partial charge in [-0.3, -0.25) is 48.6 Å². The van der Waals surface area contributed by atoms with Gasteiger partial charge in [-0.2, -0.15) is 0 Å². The summed E-state index contributed by atoms with van der Waals surface area (Å²) in [6, 6.07) is 25.1. The average molecular weight is 1000 g/mol. The summed E-state index contributed by atoms with van der Waals surface area (Å²) >= 11 is 0. The average Bonchev–Trinajstić information content (AvgIpc) is 3.89. The molecule has 382 valence electrons. The van der Waals surface area contributed by atoms with E-state index in [0.717, 1.165) is 22.5 Å². The lowest BCUT2D eigenvalue weighted by molar-refractivity contribution is -0.130. The first-order valence-electron chi connectivity index (χ1n) is 24.9. The largest absolute Gasteiger partial charge is 0.493 e. The summed E-state index contributed by atoms with van der Waals surface area (Å²) in [5.41, 5.74) is 7.01. The lowest BCUT2D eigenvalue weighted by Gasteiger charge is -2.22. The molecule has 9 rings (SSSR count). The molecule has 0 radical (unpaired) electrons. The van der Waals surface area contributed by atoms with E-state index < -0.39 is 23.9 Å². The number of para-hydroxylation sites is 2. The Hall–Kier alpha value is -8.34. The SMILES string of the molecule is COc1cc2c(cc1OCc1cc(COc3cc4c(cc3OC)C(=O)N3c5ccccc5C[C@H]3C=N4)cc(NC(=O)[C@H](C)NC(=O)[C@H](C)NC(=O)CCCCC(=O)C(C)C)c1)N=C[C@@H]1Cc3ccccc3N1C2=O. The number of Topliss-reactive ketones (excluding diaryl/α,β-unsaturated/α-hetero) is 1. The maximum absolute atomic E-state index is 14.1. The van der Waals surface area contributed by atoms with Gasteiger partial charge in [-0.15, -0.1) is 0 Å². The molecule has 0 aliphatic carbocycles. The van der Waals surface area contributed by atoms with Crippen LogP contribution in [0.25, 0.3) is 0 Å². The number of hydrogen-bond acceptors (Lipinski definition) is 12. The molecule has 5 aromatic rings. The van der Waals surface area contributed by atoms with Crippen molar-refractivity contribution >= 4 is 76.2 Å². The minimum absolute atomic E-state index is 0.0248. The number of ether oxygens (including phenoxy) is 4. The van der Waals surface area contributed by atoms with E-state index >= 15 is 0 Å². The topological polar surface area (TPSA) is 207 Å². The Morgan fingerprint density at radius 1 is 0.608 bits per heavy atom. The number of aliphatic imine (C=N–C) groups is 2. The summed E-state index contributed by atoms with van der Waals surface area (Å²) in [4.78, 5) is 92.7. The molecular formula is C57H59N7O10. The summed E-state index contributed by atoms with van der Waals surface area (Å²) in [5.74, 6) is -0.433. The molecule has 17 nitrogen and oxygen atoms in total. The van der Waals surface area contributed by atoms with Crippen LogP contribution in [-0.2, 0) is 45.2 Å². The van der Waals surface area contributed by atoms with Crippen LogP contribution in [0.1, 0.15) is 96.3 Å². The van der Waals surface area contributed by atoms with Crippen LogP contribution in [0.4, 0.5) is 28.4 Å². The molecule has 0 saturated heterocycles. The van der Waals surface area contributed by atoms with E-state index in [0.29, 0.717) is 94.4 Å². The van der Waals surface area contributed by atoms with Crippen LogP contribution in [0.3, 0.4) is 0 Å². The second-order valence-corrected chi connectivity index (χ2v) is 19.2. The molecule has 5 amide bonds. The van der Waals surface area contributed by atoms with Gasteiger partial charge in [0.15, 0.2) is 23.0 Å². The highest BCUT2D eigenvalue weighted by atomic mass is 16.5. The van der Waals surface area contributed by atoms with E-state index in [-0.39, 0.29) is 61.1 Å². The number of carbonyl (C=O) groups excluding carboxylic acids is 6. The molecule has 0 spiro atoms. The number of methoxy groups -OCH3 is 2. The first-order valence-corrected chi connectivity index (χ1v) is 24.9. The van der Waals surface area contributed by atoms with E-state index in [1.807, 2.05) is 68.4 Å². The molecule has 4 aliphatic rings. The summed E-state index contributed by atoms with van der Waals surface area (Å²) in [6.45, 7) is 6.70. The van der Waals surface area contributed by atoms with E-state index in [9.17, 15) is 28.8 Å². The Morgan fingerprint density at radius 3 is 1.59 bits per heavy atom. The quantitative estimate of drug-likeness (QED) is 0.0677. The molecule has 4 heterocycles. The highest BCUT2D eigenvalue weighted by molar-refractivity contribution is 6.16. The van der Waals surface area contributed by atoms with E-state index in [1.54, 1.807) is 58.6 Å². The molecule has 4 atom stereocenters. The Labute approximate surface area is 429 Å². The number of benzene rings is 5. The van der Waals surface area contributed by atoms with Crippen molar-refractivity contribution in [3.63, 3.8) is 0 Å². The van der Waals surface area contributed by atoms with Gasteiger partial charge in [-0.05, 0) is 91.4 Å². The van der Waals surface area contributed by atoms with E-state index in [4.69, 9.17) is 28.9 Å². The van der Waals surface area contributed by atoms with Gasteiger partial charge in [0.05, 0.1) is 48.8 Å². The third-order valence-electron chi connectivity index (χ3n) is 13.6. The van der Waals surface area contributed by atoms with Gasteiger partial charge in [-0.25, -0.2) is 0 Å². The second-order valence-electron chi connectivity index (χ2n) is 19.2. The molecule has 74 heavy (non-hydrogen) atoms. The van der Waals surface area contributed by atoms with Gasteiger partial charge in [0.25, 0.3) is 11.8 Å². The number of rotatable bonds is 19. The van der Waals surface area contributed by atoms with Crippen molar-refractivity contribution in [2.45, 2.75) is 104 Å². The molecule has 0 aromatic heterocycles. The third-order valence-corrected chi connectivity index (χ3v) is 13.6. The number of nitrogens with zero attached hydrogens (tertiary/aromatic N) is 4. The summed E-state index contributed by atoms with van der Waals surface area (Å²) in [7, 11) is 2.99. The number of unbranched alkanes of at least 4 members (excludes halogenated alkanes) is 1. The number of anilines is 3. The molecule has 0 saturated carbocycles. The molecule has 3 N–H and O–H groups in total. The minimum atomic E-state index is -1.02. The van der Waals surface area contributed by atoms with Crippen LogP contribution in [0.2, 0.25) is 0 Å². The fourth-order valence-electron chi connectivity index (χ4n) is 9.61. The van der Waals surface area contributed by atoms with Crippen molar-refractivity contribution in [1.29, 1.82) is 0 Å². The van der Waals surface area contributed by atoms with E-state index in [1.165, 1.54) is 28.1 Å². The Morgan fingerprint density at radius 2 is 1.09 bits per heavy atom. The standard InChI is InChI=1S/C57H59N7O10/c1-32(2)48(65)17-11-12-18-53(66)60-33(3)54(67)61-34(4)55(68)62-39-20-35(30-73-51-26-44-42(24-49(51)71-5)56(69)63-40(28-58-44)22-37-13-7-9-15-46(37)63)19-36(21-39)31-74-52-27-45-43(25-50(52)72-6)57(70)64-41(29-59-45)23-38-14-8-10-16-47(38)64/h7-10,13-16,19-21,24-29,32-34,40-41H,11-12,17-18,22-23,30-31H2,1-6H3,(H,60,66)(H,61,67)(H,62,68)/t33-,34-,40-,41-/m0/s1. The molecule has 17 heteroatoms. The first kappa shape index (κ1) is 50.6. The van der Waals surface area contributed by atoms with Crippen LogP contribution in [0, 0.1) is 5.92 Å². The van der Waals surface area contributed by atoms with Crippen LogP contribution in [0.5, 0.6) is 23.0 Å². The van der Waals surface area contributed by atoms with Gasteiger partial charge in [0.1, 0.15) is 31.1 Å². The van der Waals surface area contributed by atoms with Crippen LogP contribution >= 0.6 is 0 Å². The van der Waals surface area contributed by atoms with Gasteiger partial charge in [0.2, 0.25) is 17.7 Å². The minimum Gasteiger partial charge on any atom is -0.493 e. The van der Waals surface area contributed by atoms with Gasteiger partial charge < -0.3 is 34.9 Å². The third kappa shape index (κ3) is 10.7. The zero-order valence-electron chi connectivity index (χ0n) is 42.2. The molecular weight excluding hydrogens is 943 g/mol. The molecule has 4 aliphatic heterocycles. The monoisotopic (exact) mass is 1000 g/mol. The fraction of sp³-hybridized carbons (Fsp3) is 0.333. The number of carbonyl (C=O) groups is 6. The summed E-state index contributed by atoms with van der Waals surface area (Å²) in [5, 5.41) is 8.26. The normalized spacial score (nSPS) is 16.6. The Bertz CT molecular complexity index is 2950. The number of amides is 5. The number of ketones is 1. The molecule has 5 aromatic carbocycles.